The van der Waals surface area contributed by atoms with Crippen LogP contribution in [0.25, 0.3) is 0 Å². The summed E-state index contributed by atoms with van der Waals surface area (Å²) in [6, 6.07) is 7.77. The van der Waals surface area contributed by atoms with Crippen molar-refractivity contribution in [2.24, 2.45) is 0 Å². The number of benzene rings is 1. The van der Waals surface area contributed by atoms with Crippen LogP contribution in [0.3, 0.4) is 0 Å². The van der Waals surface area contributed by atoms with E-state index in [1.165, 1.54) is 0 Å². The summed E-state index contributed by atoms with van der Waals surface area (Å²) in [5.41, 5.74) is 1.07. The van der Waals surface area contributed by atoms with E-state index in [2.05, 4.69) is 33.9 Å². The van der Waals surface area contributed by atoms with Crippen LogP contribution in [-0.2, 0) is 20.6 Å². The highest BCUT2D eigenvalue weighted by molar-refractivity contribution is 6.74. The summed E-state index contributed by atoms with van der Waals surface area (Å²) in [7, 11) is -0.103. The fourth-order valence-corrected chi connectivity index (χ4v) is 3.04. The van der Waals surface area contributed by atoms with Gasteiger partial charge in [-0.3, -0.25) is 0 Å². The van der Waals surface area contributed by atoms with Crippen molar-refractivity contribution in [1.82, 2.24) is 0 Å². The lowest BCUT2D eigenvalue weighted by Crippen LogP contribution is -2.41. The first-order valence-corrected chi connectivity index (χ1v) is 11.4. The van der Waals surface area contributed by atoms with Gasteiger partial charge in [-0.2, -0.15) is 0 Å². The predicted octanol–water partition coefficient (Wildman–Crippen LogP) is 4.58. The monoisotopic (exact) mass is 352 g/mol. The molecule has 5 heteroatoms. The first-order valence-electron chi connectivity index (χ1n) is 8.51. The van der Waals surface area contributed by atoms with E-state index < -0.39 is 8.32 Å². The lowest BCUT2D eigenvalue weighted by Gasteiger charge is -2.36. The van der Waals surface area contributed by atoms with Crippen LogP contribution in [0.4, 0.5) is 0 Å². The molecule has 0 radical (unpaired) electrons. The molecule has 0 saturated heterocycles. The van der Waals surface area contributed by atoms with Crippen molar-refractivity contribution in [2.75, 3.05) is 13.7 Å². The van der Waals surface area contributed by atoms with Crippen LogP contribution in [0.1, 0.15) is 39.2 Å². The van der Waals surface area contributed by atoms with E-state index >= 15 is 0 Å². The Hall–Kier alpha value is -1.17. The molecule has 0 aromatic heterocycles. The van der Waals surface area contributed by atoms with Gasteiger partial charge in [0, 0.05) is 13.0 Å². The van der Waals surface area contributed by atoms with Gasteiger partial charge in [-0.1, -0.05) is 32.9 Å². The molecule has 1 aromatic carbocycles. The average Bonchev–Trinajstić information content (AvgIpc) is 2.52. The summed E-state index contributed by atoms with van der Waals surface area (Å²) in [5.74, 6) is 0.825. The third-order valence-electron chi connectivity index (χ3n) is 4.71. The summed E-state index contributed by atoms with van der Waals surface area (Å²) >= 11 is 0. The van der Waals surface area contributed by atoms with Crippen molar-refractivity contribution in [3.8, 4) is 5.75 Å². The first-order chi connectivity index (χ1) is 11.2. The Morgan fingerprint density at radius 3 is 2.29 bits per heavy atom. The molecule has 0 aliphatic rings. The number of methoxy groups -OCH3 is 1. The first kappa shape index (κ1) is 20.9. The number of rotatable bonds is 10. The van der Waals surface area contributed by atoms with Crippen LogP contribution in [0.5, 0.6) is 5.75 Å². The molecule has 0 spiro atoms. The summed E-state index contributed by atoms with van der Waals surface area (Å²) < 4.78 is 17.2. The van der Waals surface area contributed by atoms with Crippen LogP contribution in [0, 0.1) is 0 Å². The highest BCUT2D eigenvalue weighted by Crippen LogP contribution is 2.36. The molecule has 0 aliphatic heterocycles. The third-order valence-corrected chi connectivity index (χ3v) is 9.25. The minimum Gasteiger partial charge on any atom is -0.497 e. The summed E-state index contributed by atoms with van der Waals surface area (Å²) in [5, 5.41) is 0.192. The number of aldehydes is 1. The van der Waals surface area contributed by atoms with Crippen molar-refractivity contribution < 1.29 is 18.7 Å². The number of hydrogen-bond acceptors (Lipinski definition) is 4. The quantitative estimate of drug-likeness (QED) is 0.457. The van der Waals surface area contributed by atoms with Gasteiger partial charge in [0.2, 0.25) is 0 Å². The van der Waals surface area contributed by atoms with Gasteiger partial charge in [-0.25, -0.2) is 0 Å². The van der Waals surface area contributed by atoms with Gasteiger partial charge in [-0.15, -0.1) is 0 Å². The Morgan fingerprint density at radius 1 is 1.17 bits per heavy atom. The normalized spacial score (nSPS) is 13.6. The zero-order chi connectivity index (χ0) is 18.2. The molecule has 4 nitrogen and oxygen atoms in total. The molecular formula is C19H32O4Si. The molecule has 0 unspecified atom stereocenters. The maximum absolute atomic E-state index is 10.9. The number of carbonyl (C=O) groups excluding carboxylic acids is 1. The van der Waals surface area contributed by atoms with E-state index in [-0.39, 0.29) is 11.1 Å². The van der Waals surface area contributed by atoms with Crippen LogP contribution in [0.15, 0.2) is 24.3 Å². The van der Waals surface area contributed by atoms with E-state index in [4.69, 9.17) is 13.9 Å². The molecular weight excluding hydrogens is 320 g/mol. The van der Waals surface area contributed by atoms with Gasteiger partial charge in [0.1, 0.15) is 12.0 Å². The Bertz CT molecular complexity index is 491. The second-order valence-electron chi connectivity index (χ2n) is 7.58. The molecule has 0 amide bonds. The smallest absolute Gasteiger partial charge is 0.191 e. The zero-order valence-corrected chi connectivity index (χ0v) is 16.9. The van der Waals surface area contributed by atoms with Crippen molar-refractivity contribution >= 4 is 14.6 Å². The lowest BCUT2D eigenvalue weighted by atomic mass is 10.2. The third kappa shape index (κ3) is 6.75. The molecule has 1 atom stereocenters. The summed E-state index contributed by atoms with van der Waals surface area (Å²) in [6.07, 6.45) is 1.96. The van der Waals surface area contributed by atoms with Crippen molar-refractivity contribution in [1.29, 1.82) is 0 Å². The molecule has 0 bridgehead atoms. The predicted molar refractivity (Wildman–Crippen MR) is 100 cm³/mol. The van der Waals surface area contributed by atoms with Gasteiger partial charge in [0.15, 0.2) is 8.32 Å². The molecule has 1 aromatic rings. The molecule has 0 N–H and O–H groups in total. The van der Waals surface area contributed by atoms with Crippen LogP contribution in [-0.4, -0.2) is 34.4 Å². The van der Waals surface area contributed by atoms with Gasteiger partial charge >= 0.3 is 0 Å². The van der Waals surface area contributed by atoms with Crippen LogP contribution >= 0.6 is 0 Å². The Balaban J connectivity index is 2.47. The molecule has 1 rings (SSSR count). The summed E-state index contributed by atoms with van der Waals surface area (Å²) in [6.45, 7) is 12.3. The molecule has 0 fully saturated rings. The Labute approximate surface area is 147 Å². The Morgan fingerprint density at radius 2 is 1.79 bits per heavy atom. The van der Waals surface area contributed by atoms with Crippen LogP contribution in [0.2, 0.25) is 18.1 Å². The molecule has 136 valence electrons. The largest absolute Gasteiger partial charge is 0.497 e. The van der Waals surface area contributed by atoms with E-state index in [1.54, 1.807) is 7.11 Å². The standard InChI is InChI=1S/C19H32O4Si/c1-19(2,3)24(5,6)23-14-12-18(11-13-20)22-15-16-7-9-17(21-4)10-8-16/h7-10,13,18H,11-12,14-15H2,1-6H3/t18-/m0/s1. The van der Waals surface area contributed by atoms with Crippen molar-refractivity contribution in [2.45, 2.75) is 64.5 Å². The van der Waals surface area contributed by atoms with E-state index in [0.29, 0.717) is 19.6 Å². The summed E-state index contributed by atoms with van der Waals surface area (Å²) in [4.78, 5) is 10.9. The highest BCUT2D eigenvalue weighted by Gasteiger charge is 2.37. The fourth-order valence-electron chi connectivity index (χ4n) is 1.97. The zero-order valence-electron chi connectivity index (χ0n) is 15.9. The maximum Gasteiger partial charge on any atom is 0.191 e. The van der Waals surface area contributed by atoms with Gasteiger partial charge in [0.05, 0.1) is 19.8 Å². The number of ether oxygens (including phenoxy) is 2. The van der Waals surface area contributed by atoms with E-state index in [0.717, 1.165) is 24.0 Å². The topological polar surface area (TPSA) is 44.8 Å². The average molecular weight is 353 g/mol. The van der Waals surface area contributed by atoms with Crippen molar-refractivity contribution in [3.05, 3.63) is 29.8 Å². The SMILES string of the molecule is COc1ccc(CO[C@@H](CC=O)CCO[Si](C)(C)C(C)(C)C)cc1. The second-order valence-corrected chi connectivity index (χ2v) is 12.4. The number of hydrogen-bond donors (Lipinski definition) is 0. The second kappa shape index (κ2) is 9.35. The van der Waals surface area contributed by atoms with Crippen molar-refractivity contribution in [3.63, 3.8) is 0 Å². The minimum atomic E-state index is -1.75. The van der Waals surface area contributed by atoms with Crippen LogP contribution < -0.4 is 4.74 Å². The van der Waals surface area contributed by atoms with Gasteiger partial charge < -0.3 is 18.7 Å². The van der Waals surface area contributed by atoms with Gasteiger partial charge in [0.25, 0.3) is 0 Å². The molecule has 0 aliphatic carbocycles. The highest BCUT2D eigenvalue weighted by atomic mass is 28.4. The molecule has 24 heavy (non-hydrogen) atoms. The van der Waals surface area contributed by atoms with Gasteiger partial charge in [-0.05, 0) is 42.2 Å². The maximum atomic E-state index is 10.9. The Kier molecular flexibility index (Phi) is 8.13. The van der Waals surface area contributed by atoms with E-state index in [9.17, 15) is 4.79 Å². The minimum absolute atomic E-state index is 0.102. The molecule has 0 heterocycles. The molecule has 0 saturated carbocycles. The van der Waals surface area contributed by atoms with E-state index in [1.807, 2.05) is 24.3 Å². The fraction of sp³-hybridized carbons (Fsp3) is 0.632. The number of carbonyl (C=O) groups is 1. The lowest BCUT2D eigenvalue weighted by molar-refractivity contribution is -0.111.